The van der Waals surface area contributed by atoms with Crippen LogP contribution in [0.4, 0.5) is 0 Å². The molecule has 0 amide bonds. The molecule has 0 saturated heterocycles. The average Bonchev–Trinajstić information content (AvgIpc) is 2.38. The van der Waals surface area contributed by atoms with Gasteiger partial charge in [0.05, 0.1) is 0 Å². The van der Waals surface area contributed by atoms with Crippen molar-refractivity contribution in [3.8, 4) is 11.1 Å². The molecule has 0 aliphatic rings. The fourth-order valence-corrected chi connectivity index (χ4v) is 1.72. The summed E-state index contributed by atoms with van der Waals surface area (Å²) in [6.45, 7) is 1.74. The van der Waals surface area contributed by atoms with Gasteiger partial charge in [-0.05, 0) is 16.7 Å². The number of hydrogen-bond acceptors (Lipinski definition) is 2. The van der Waals surface area contributed by atoms with Gasteiger partial charge >= 0.3 is 5.97 Å². The summed E-state index contributed by atoms with van der Waals surface area (Å²) in [7, 11) is 0. The first kappa shape index (κ1) is 11.4. The molecule has 2 heteroatoms. The third-order valence-electron chi connectivity index (χ3n) is 2.53. The Bertz CT molecular complexity index is 503. The lowest BCUT2D eigenvalue weighted by Crippen LogP contribution is -2.00. The van der Waals surface area contributed by atoms with Crippen LogP contribution in [-0.2, 0) is 16.1 Å². The second-order valence-electron chi connectivity index (χ2n) is 3.80. The van der Waals surface area contributed by atoms with Crippen molar-refractivity contribution in [3.63, 3.8) is 0 Å². The van der Waals surface area contributed by atoms with Gasteiger partial charge in [-0.3, -0.25) is 4.79 Å². The van der Waals surface area contributed by atoms with E-state index in [1.807, 2.05) is 54.6 Å². The molecule has 2 rings (SSSR count). The zero-order valence-electron chi connectivity index (χ0n) is 9.72. The van der Waals surface area contributed by atoms with Crippen LogP contribution in [0.25, 0.3) is 11.1 Å². The first-order valence-corrected chi connectivity index (χ1v) is 5.54. The first-order valence-electron chi connectivity index (χ1n) is 5.54. The quantitative estimate of drug-likeness (QED) is 0.749. The first-order chi connectivity index (χ1) is 8.27. The predicted octanol–water partition coefficient (Wildman–Crippen LogP) is 3.42. The molecule has 0 aliphatic carbocycles. The molecular formula is C15H14O2. The molecule has 2 aromatic rings. The van der Waals surface area contributed by atoms with Crippen molar-refractivity contribution >= 4 is 5.97 Å². The Kier molecular flexibility index (Phi) is 3.55. The zero-order chi connectivity index (χ0) is 12.1. The number of hydrogen-bond donors (Lipinski definition) is 0. The normalized spacial score (nSPS) is 9.94. The molecule has 0 N–H and O–H groups in total. The minimum absolute atomic E-state index is 0.257. The Morgan fingerprint density at radius 1 is 1.00 bits per heavy atom. The molecule has 2 nitrogen and oxygen atoms in total. The summed E-state index contributed by atoms with van der Waals surface area (Å²) < 4.78 is 5.05. The molecular weight excluding hydrogens is 212 g/mol. The summed E-state index contributed by atoms with van der Waals surface area (Å²) in [5.41, 5.74) is 3.26. The summed E-state index contributed by atoms with van der Waals surface area (Å²) in [6.07, 6.45) is 0. The van der Waals surface area contributed by atoms with Crippen molar-refractivity contribution in [1.82, 2.24) is 0 Å². The minimum atomic E-state index is -0.257. The molecule has 0 unspecified atom stereocenters. The Morgan fingerprint density at radius 2 is 1.65 bits per heavy atom. The number of carbonyl (C=O) groups excluding carboxylic acids is 1. The number of benzene rings is 2. The van der Waals surface area contributed by atoms with E-state index in [1.165, 1.54) is 6.92 Å². The van der Waals surface area contributed by atoms with Gasteiger partial charge in [0.15, 0.2) is 0 Å². The number of esters is 1. The van der Waals surface area contributed by atoms with Crippen LogP contribution in [0.1, 0.15) is 12.5 Å². The highest BCUT2D eigenvalue weighted by atomic mass is 16.5. The predicted molar refractivity (Wildman–Crippen MR) is 67.3 cm³/mol. The van der Waals surface area contributed by atoms with Gasteiger partial charge in [-0.1, -0.05) is 54.6 Å². The van der Waals surface area contributed by atoms with Gasteiger partial charge in [0.1, 0.15) is 6.61 Å². The van der Waals surface area contributed by atoms with Crippen molar-refractivity contribution in [3.05, 3.63) is 60.2 Å². The Morgan fingerprint density at radius 3 is 2.35 bits per heavy atom. The molecule has 86 valence electrons. The maximum Gasteiger partial charge on any atom is 0.302 e. The molecule has 0 radical (unpaired) electrons. The van der Waals surface area contributed by atoms with E-state index in [2.05, 4.69) is 0 Å². The maximum absolute atomic E-state index is 10.8. The molecule has 0 bridgehead atoms. The van der Waals surface area contributed by atoms with Crippen LogP contribution in [-0.4, -0.2) is 5.97 Å². The average molecular weight is 226 g/mol. The summed E-state index contributed by atoms with van der Waals surface area (Å²) in [4.78, 5) is 10.8. The lowest BCUT2D eigenvalue weighted by molar-refractivity contribution is -0.142. The van der Waals surface area contributed by atoms with Crippen molar-refractivity contribution in [2.75, 3.05) is 0 Å². The Labute approximate surface area is 101 Å². The van der Waals surface area contributed by atoms with Crippen molar-refractivity contribution in [2.24, 2.45) is 0 Å². The molecule has 0 spiro atoms. The van der Waals surface area contributed by atoms with E-state index >= 15 is 0 Å². The van der Waals surface area contributed by atoms with Gasteiger partial charge in [-0.2, -0.15) is 0 Å². The van der Waals surface area contributed by atoms with E-state index in [4.69, 9.17) is 4.74 Å². The van der Waals surface area contributed by atoms with E-state index < -0.39 is 0 Å². The van der Waals surface area contributed by atoms with E-state index in [-0.39, 0.29) is 5.97 Å². The van der Waals surface area contributed by atoms with E-state index in [0.29, 0.717) is 6.61 Å². The molecule has 0 aromatic heterocycles. The highest BCUT2D eigenvalue weighted by molar-refractivity contribution is 5.69. The highest BCUT2D eigenvalue weighted by Gasteiger charge is 2.05. The van der Waals surface area contributed by atoms with Crippen LogP contribution >= 0.6 is 0 Å². The van der Waals surface area contributed by atoms with Crippen LogP contribution in [0, 0.1) is 0 Å². The molecule has 17 heavy (non-hydrogen) atoms. The number of ether oxygens (including phenoxy) is 1. The Balaban J connectivity index is 2.31. The van der Waals surface area contributed by atoms with E-state index in [0.717, 1.165) is 16.7 Å². The van der Waals surface area contributed by atoms with Crippen LogP contribution in [0.5, 0.6) is 0 Å². The van der Waals surface area contributed by atoms with Crippen LogP contribution in [0.15, 0.2) is 54.6 Å². The molecule has 0 aliphatic heterocycles. The molecule has 0 heterocycles. The fraction of sp³-hybridized carbons (Fsp3) is 0.133. The van der Waals surface area contributed by atoms with Crippen molar-refractivity contribution < 1.29 is 9.53 Å². The smallest absolute Gasteiger partial charge is 0.302 e. The van der Waals surface area contributed by atoms with Crippen molar-refractivity contribution in [1.29, 1.82) is 0 Å². The van der Waals surface area contributed by atoms with E-state index in [9.17, 15) is 4.79 Å². The number of rotatable bonds is 3. The second-order valence-corrected chi connectivity index (χ2v) is 3.80. The molecule has 0 fully saturated rings. The molecule has 0 saturated carbocycles. The standard InChI is InChI=1S/C15H14O2/c1-12(16)17-11-14-9-5-6-10-15(14)13-7-3-2-4-8-13/h2-10H,11H2,1H3. The summed E-state index contributed by atoms with van der Waals surface area (Å²) in [5, 5.41) is 0. The topological polar surface area (TPSA) is 26.3 Å². The van der Waals surface area contributed by atoms with Gasteiger partial charge in [0, 0.05) is 6.92 Å². The third kappa shape index (κ3) is 2.94. The lowest BCUT2D eigenvalue weighted by atomic mass is 10.0. The number of carbonyl (C=O) groups is 1. The SMILES string of the molecule is CC(=O)OCc1ccccc1-c1ccccc1. The van der Waals surface area contributed by atoms with Crippen LogP contribution in [0.3, 0.4) is 0 Å². The second kappa shape index (κ2) is 5.30. The van der Waals surface area contributed by atoms with Gasteiger partial charge in [0.2, 0.25) is 0 Å². The maximum atomic E-state index is 10.8. The van der Waals surface area contributed by atoms with E-state index in [1.54, 1.807) is 0 Å². The van der Waals surface area contributed by atoms with Gasteiger partial charge in [-0.15, -0.1) is 0 Å². The summed E-state index contributed by atoms with van der Waals surface area (Å²) >= 11 is 0. The van der Waals surface area contributed by atoms with Gasteiger partial charge in [0.25, 0.3) is 0 Å². The van der Waals surface area contributed by atoms with Crippen LogP contribution < -0.4 is 0 Å². The summed E-state index contributed by atoms with van der Waals surface area (Å²) in [5.74, 6) is -0.257. The monoisotopic (exact) mass is 226 g/mol. The largest absolute Gasteiger partial charge is 0.461 e. The zero-order valence-corrected chi connectivity index (χ0v) is 9.72. The third-order valence-corrected chi connectivity index (χ3v) is 2.53. The molecule has 2 aromatic carbocycles. The Hall–Kier alpha value is -2.09. The van der Waals surface area contributed by atoms with Crippen molar-refractivity contribution in [2.45, 2.75) is 13.5 Å². The minimum Gasteiger partial charge on any atom is -0.461 e. The highest BCUT2D eigenvalue weighted by Crippen LogP contribution is 2.23. The summed E-state index contributed by atoms with van der Waals surface area (Å²) in [6, 6.07) is 18.0. The lowest BCUT2D eigenvalue weighted by Gasteiger charge is -2.09. The molecule has 0 atom stereocenters. The van der Waals surface area contributed by atoms with Crippen LogP contribution in [0.2, 0.25) is 0 Å². The fourth-order valence-electron chi connectivity index (χ4n) is 1.72. The van der Waals surface area contributed by atoms with Gasteiger partial charge < -0.3 is 4.74 Å². The van der Waals surface area contributed by atoms with Gasteiger partial charge in [-0.25, -0.2) is 0 Å².